The van der Waals surface area contributed by atoms with Crippen LogP contribution in [0.1, 0.15) is 38.7 Å². The third kappa shape index (κ3) is 10.1. The Hall–Kier alpha value is -0.870. The molecule has 2 N–H and O–H groups in total. The molecule has 0 aromatic heterocycles. The molecule has 1 aromatic carbocycles. The highest BCUT2D eigenvalue weighted by molar-refractivity contribution is 14.0. The zero-order chi connectivity index (χ0) is 20.4. The zero-order valence-corrected chi connectivity index (χ0v) is 21.1. The molecule has 0 amide bonds. The van der Waals surface area contributed by atoms with Gasteiger partial charge in [0.05, 0.1) is 4.90 Å². The van der Waals surface area contributed by atoms with E-state index in [0.29, 0.717) is 4.90 Å². The minimum absolute atomic E-state index is 0. The van der Waals surface area contributed by atoms with Gasteiger partial charge >= 0.3 is 0 Å². The van der Waals surface area contributed by atoms with Gasteiger partial charge in [0, 0.05) is 32.4 Å². The number of nitrogens with zero attached hydrogens (tertiary/aromatic N) is 2. The smallest absolute Gasteiger partial charge is 0.191 e. The minimum Gasteiger partial charge on any atom is -0.357 e. The van der Waals surface area contributed by atoms with Gasteiger partial charge < -0.3 is 15.5 Å². The van der Waals surface area contributed by atoms with Crippen LogP contribution in [0, 0.1) is 5.92 Å². The quantitative estimate of drug-likeness (QED) is 0.220. The molecular weight excluding hydrogens is 499 g/mol. The zero-order valence-electron chi connectivity index (χ0n) is 18.0. The molecule has 0 bridgehead atoms. The number of guanidine groups is 1. The molecule has 1 atom stereocenters. The van der Waals surface area contributed by atoms with Gasteiger partial charge in [-0.05, 0) is 69.3 Å². The molecule has 0 saturated carbocycles. The molecule has 1 aliphatic rings. The molecule has 6 nitrogen and oxygen atoms in total. The number of halogens is 1. The van der Waals surface area contributed by atoms with Gasteiger partial charge in [-0.3, -0.25) is 4.99 Å². The van der Waals surface area contributed by atoms with Crippen LogP contribution in [0.2, 0.25) is 0 Å². The Morgan fingerprint density at radius 1 is 1.24 bits per heavy atom. The number of nitrogens with one attached hydrogen (secondary N) is 2. The van der Waals surface area contributed by atoms with Crippen LogP contribution in [0.4, 0.5) is 0 Å². The number of sulfone groups is 1. The van der Waals surface area contributed by atoms with E-state index in [0.717, 1.165) is 56.5 Å². The lowest BCUT2D eigenvalue weighted by Gasteiger charge is -2.30. The third-order valence-electron chi connectivity index (χ3n) is 5.05. The van der Waals surface area contributed by atoms with Crippen LogP contribution in [0.3, 0.4) is 0 Å². The first kappa shape index (κ1) is 26.2. The summed E-state index contributed by atoms with van der Waals surface area (Å²) in [5, 5.41) is 6.66. The third-order valence-corrected chi connectivity index (χ3v) is 6.17. The van der Waals surface area contributed by atoms with Crippen molar-refractivity contribution in [1.29, 1.82) is 0 Å². The molecule has 0 spiro atoms. The second-order valence-corrected chi connectivity index (χ2v) is 9.77. The van der Waals surface area contributed by atoms with E-state index in [-0.39, 0.29) is 24.0 Å². The maximum Gasteiger partial charge on any atom is 0.191 e. The monoisotopic (exact) mass is 536 g/mol. The van der Waals surface area contributed by atoms with Gasteiger partial charge in [0.15, 0.2) is 15.8 Å². The summed E-state index contributed by atoms with van der Waals surface area (Å²) in [5.74, 6) is 1.67. The van der Waals surface area contributed by atoms with Crippen molar-refractivity contribution < 1.29 is 8.42 Å². The average molecular weight is 537 g/mol. The van der Waals surface area contributed by atoms with Gasteiger partial charge in [-0.2, -0.15) is 0 Å². The lowest BCUT2D eigenvalue weighted by molar-refractivity contribution is 0.183. The van der Waals surface area contributed by atoms with E-state index in [4.69, 9.17) is 0 Å². The van der Waals surface area contributed by atoms with Gasteiger partial charge in [0.25, 0.3) is 0 Å². The topological polar surface area (TPSA) is 73.8 Å². The van der Waals surface area contributed by atoms with Crippen molar-refractivity contribution in [2.75, 3.05) is 45.5 Å². The predicted octanol–water partition coefficient (Wildman–Crippen LogP) is 2.93. The van der Waals surface area contributed by atoms with Crippen molar-refractivity contribution in [3.05, 3.63) is 29.8 Å². The Kier molecular flexibility index (Phi) is 12.1. The fraction of sp³-hybridized carbons (Fsp3) is 0.667. The highest BCUT2D eigenvalue weighted by atomic mass is 127. The number of hydrogen-bond acceptors (Lipinski definition) is 4. The van der Waals surface area contributed by atoms with Crippen LogP contribution in [-0.4, -0.2) is 64.8 Å². The van der Waals surface area contributed by atoms with Gasteiger partial charge in [0.2, 0.25) is 0 Å². The van der Waals surface area contributed by atoms with Gasteiger partial charge in [-0.15, -0.1) is 24.0 Å². The Morgan fingerprint density at radius 2 is 1.97 bits per heavy atom. The number of piperidine rings is 1. The van der Waals surface area contributed by atoms with Crippen LogP contribution in [0.5, 0.6) is 0 Å². The molecule has 1 aromatic rings. The van der Waals surface area contributed by atoms with Crippen LogP contribution in [0.15, 0.2) is 34.2 Å². The molecule has 29 heavy (non-hydrogen) atoms. The lowest BCUT2D eigenvalue weighted by Crippen LogP contribution is -2.38. The first-order valence-electron chi connectivity index (χ1n) is 10.4. The van der Waals surface area contributed by atoms with E-state index in [1.165, 1.54) is 32.2 Å². The fourth-order valence-corrected chi connectivity index (χ4v) is 4.18. The van der Waals surface area contributed by atoms with E-state index in [1.54, 1.807) is 12.1 Å². The van der Waals surface area contributed by atoms with Crippen LogP contribution >= 0.6 is 24.0 Å². The van der Waals surface area contributed by atoms with Gasteiger partial charge in [0.1, 0.15) is 0 Å². The largest absolute Gasteiger partial charge is 0.357 e. The summed E-state index contributed by atoms with van der Waals surface area (Å²) < 4.78 is 23.0. The van der Waals surface area contributed by atoms with Crippen molar-refractivity contribution in [1.82, 2.24) is 15.5 Å². The standard InChI is InChI=1S/C21H36N4O2S.HI/c1-4-22-21(23-13-6-16-25-15-5-7-18(2)17-25)24-14-12-19-8-10-20(11-9-19)28(3,26)27;/h8-11,18H,4-7,12-17H2,1-3H3,(H2,22,23,24);1H. The van der Waals surface area contributed by atoms with Gasteiger partial charge in [-0.1, -0.05) is 19.1 Å². The van der Waals surface area contributed by atoms with E-state index in [9.17, 15) is 8.42 Å². The summed E-state index contributed by atoms with van der Waals surface area (Å²) in [6.45, 7) is 10.4. The molecule has 8 heteroatoms. The fourth-order valence-electron chi connectivity index (χ4n) is 3.55. The first-order chi connectivity index (χ1) is 13.4. The van der Waals surface area contributed by atoms with E-state index in [2.05, 4.69) is 34.4 Å². The average Bonchev–Trinajstić information content (AvgIpc) is 2.65. The number of hydrogen-bond donors (Lipinski definition) is 2. The Labute approximate surface area is 193 Å². The lowest BCUT2D eigenvalue weighted by atomic mass is 10.0. The highest BCUT2D eigenvalue weighted by Gasteiger charge is 2.15. The molecule has 1 fully saturated rings. The summed E-state index contributed by atoms with van der Waals surface area (Å²) in [5.41, 5.74) is 1.11. The molecule has 0 radical (unpaired) electrons. The van der Waals surface area contributed by atoms with Crippen molar-refractivity contribution >= 4 is 39.8 Å². The number of likely N-dealkylation sites (tertiary alicyclic amines) is 1. The minimum atomic E-state index is -3.13. The number of rotatable bonds is 9. The molecule has 1 unspecified atom stereocenters. The molecular formula is C21H37IN4O2S. The Morgan fingerprint density at radius 3 is 2.59 bits per heavy atom. The Balaban J connectivity index is 0.00000420. The number of benzene rings is 1. The second kappa shape index (κ2) is 13.4. The molecule has 1 saturated heterocycles. The summed E-state index contributed by atoms with van der Waals surface area (Å²) in [6, 6.07) is 7.10. The van der Waals surface area contributed by atoms with Crippen molar-refractivity contribution in [2.24, 2.45) is 10.9 Å². The molecule has 166 valence electrons. The second-order valence-electron chi connectivity index (χ2n) is 7.76. The molecule has 1 heterocycles. The molecule has 1 aliphatic heterocycles. The number of aliphatic imine (C=N–C) groups is 1. The van der Waals surface area contributed by atoms with E-state index < -0.39 is 9.84 Å². The van der Waals surface area contributed by atoms with E-state index in [1.807, 2.05) is 12.1 Å². The summed E-state index contributed by atoms with van der Waals surface area (Å²) in [7, 11) is -3.13. The maximum atomic E-state index is 11.5. The normalized spacial score (nSPS) is 18.2. The SMILES string of the molecule is CCNC(=NCCCN1CCCC(C)C1)NCCc1ccc(S(C)(=O)=O)cc1.I. The van der Waals surface area contributed by atoms with Crippen molar-refractivity contribution in [2.45, 2.75) is 44.4 Å². The summed E-state index contributed by atoms with van der Waals surface area (Å²) in [4.78, 5) is 7.61. The predicted molar refractivity (Wildman–Crippen MR) is 132 cm³/mol. The first-order valence-corrected chi connectivity index (χ1v) is 12.3. The molecule has 0 aliphatic carbocycles. The van der Waals surface area contributed by atoms with Crippen molar-refractivity contribution in [3.63, 3.8) is 0 Å². The Bertz CT molecular complexity index is 723. The summed E-state index contributed by atoms with van der Waals surface area (Å²) in [6.07, 6.45) is 5.81. The van der Waals surface area contributed by atoms with Gasteiger partial charge in [-0.25, -0.2) is 8.42 Å². The maximum absolute atomic E-state index is 11.5. The van der Waals surface area contributed by atoms with Crippen LogP contribution < -0.4 is 10.6 Å². The van der Waals surface area contributed by atoms with Crippen LogP contribution in [-0.2, 0) is 16.3 Å². The summed E-state index contributed by atoms with van der Waals surface area (Å²) >= 11 is 0. The van der Waals surface area contributed by atoms with Crippen LogP contribution in [0.25, 0.3) is 0 Å². The van der Waals surface area contributed by atoms with E-state index >= 15 is 0 Å². The molecule has 2 rings (SSSR count). The highest BCUT2D eigenvalue weighted by Crippen LogP contribution is 2.15. The van der Waals surface area contributed by atoms with Crippen molar-refractivity contribution in [3.8, 4) is 0 Å².